The van der Waals surface area contributed by atoms with Gasteiger partial charge in [-0.15, -0.1) is 19.6 Å². The van der Waals surface area contributed by atoms with Crippen LogP contribution in [0.5, 0.6) is 0 Å². The van der Waals surface area contributed by atoms with E-state index in [1.165, 1.54) is 27.7 Å². The molecule has 18 heteroatoms. The van der Waals surface area contributed by atoms with Gasteiger partial charge in [0, 0.05) is 34.1 Å². The molecule has 206 valence electrons. The van der Waals surface area contributed by atoms with Gasteiger partial charge in [-0.25, -0.2) is 0 Å². The van der Waals surface area contributed by atoms with E-state index in [0.717, 1.165) is 0 Å². The molecule has 0 aliphatic rings. The van der Waals surface area contributed by atoms with Crippen LogP contribution in [0.1, 0.15) is 55.4 Å². The largest absolute Gasteiger partial charge is 0.291 e. The van der Waals surface area contributed by atoms with Crippen molar-refractivity contribution in [1.82, 2.24) is 21.9 Å². The first-order valence-corrected chi connectivity index (χ1v) is 8.52. The van der Waals surface area contributed by atoms with Crippen LogP contribution in [-0.2, 0) is 34.1 Å². The van der Waals surface area contributed by atoms with E-state index in [-0.39, 0.29) is 56.9 Å². The summed E-state index contributed by atoms with van der Waals surface area (Å²) < 4.78 is 0. The van der Waals surface area contributed by atoms with E-state index >= 15 is 0 Å². The molecule has 0 atom stereocenters. The SMILES string of the molecule is C/C(N=O)=C(\C)NO.C/C(N=O)=C(\C)NO.C/C(N=O)=C(\C)NO.C/C(N=O)=C(\C)NO.[Cu].[Cu]. The molecule has 0 amide bonds. The van der Waals surface area contributed by atoms with Crippen LogP contribution in [0.2, 0.25) is 0 Å². The van der Waals surface area contributed by atoms with Crippen LogP contribution in [0, 0.1) is 19.6 Å². The molecule has 0 unspecified atom stereocenters. The normalized spacial score (nSPS) is 11.6. The van der Waals surface area contributed by atoms with Crippen molar-refractivity contribution in [3.05, 3.63) is 65.2 Å². The summed E-state index contributed by atoms with van der Waals surface area (Å²) in [6.07, 6.45) is 0. The van der Waals surface area contributed by atoms with Gasteiger partial charge in [-0.1, -0.05) is 0 Å². The zero-order valence-electron chi connectivity index (χ0n) is 19.8. The molecule has 16 nitrogen and oxygen atoms in total. The fourth-order valence-electron chi connectivity index (χ4n) is 0.597. The molecule has 0 rings (SSSR count). The topological polar surface area (TPSA) is 247 Å². The maximum Gasteiger partial charge on any atom is 0.103 e. The van der Waals surface area contributed by atoms with Gasteiger partial charge >= 0.3 is 0 Å². The molecular weight excluding hydrogens is 559 g/mol. The van der Waals surface area contributed by atoms with E-state index in [4.69, 9.17) is 20.8 Å². The van der Waals surface area contributed by atoms with Crippen molar-refractivity contribution < 1.29 is 55.0 Å². The van der Waals surface area contributed by atoms with Gasteiger partial charge in [0.15, 0.2) is 0 Å². The van der Waals surface area contributed by atoms with Crippen molar-refractivity contribution in [3.63, 3.8) is 0 Å². The van der Waals surface area contributed by atoms with Crippen molar-refractivity contribution in [1.29, 1.82) is 0 Å². The zero-order chi connectivity index (χ0) is 26.3. The minimum absolute atomic E-state index is 0. The van der Waals surface area contributed by atoms with Crippen molar-refractivity contribution >= 4 is 0 Å². The smallest absolute Gasteiger partial charge is 0.103 e. The van der Waals surface area contributed by atoms with Gasteiger partial charge < -0.3 is 0 Å². The van der Waals surface area contributed by atoms with Gasteiger partial charge in [0.1, 0.15) is 22.8 Å². The monoisotopic (exact) mass is 590 g/mol. The van der Waals surface area contributed by atoms with Crippen LogP contribution in [-0.4, -0.2) is 20.8 Å². The molecule has 0 fully saturated rings. The average molecular weight is 592 g/mol. The summed E-state index contributed by atoms with van der Waals surface area (Å²) in [6, 6.07) is 0. The van der Waals surface area contributed by atoms with Crippen LogP contribution in [0.4, 0.5) is 0 Å². The van der Waals surface area contributed by atoms with Crippen molar-refractivity contribution in [2.24, 2.45) is 20.7 Å². The molecule has 0 bridgehead atoms. The molecule has 8 N–H and O–H groups in total. The Bertz CT molecular complexity index is 608. The summed E-state index contributed by atoms with van der Waals surface area (Å²) in [7, 11) is 0. The van der Waals surface area contributed by atoms with E-state index in [1.54, 1.807) is 49.6 Å². The van der Waals surface area contributed by atoms with Gasteiger partial charge in [-0.05, 0) is 76.1 Å². The fraction of sp³-hybridized carbons (Fsp3) is 0.500. The van der Waals surface area contributed by atoms with Gasteiger partial charge in [0.05, 0.1) is 22.8 Å². The second-order valence-corrected chi connectivity index (χ2v) is 5.65. The number of nitroso groups, excluding NO2 is 4. The standard InChI is InChI=1S/4C4H8N2O2.2Cu/c4*1-3(5-7)4(2)6-8;;/h4*5,7H,1-2H3;;/b4*4-3-;;. The van der Waals surface area contributed by atoms with Crippen LogP contribution in [0.25, 0.3) is 0 Å². The summed E-state index contributed by atoms with van der Waals surface area (Å²) in [5.74, 6) is 0. The van der Waals surface area contributed by atoms with Gasteiger partial charge in [0.2, 0.25) is 0 Å². The molecule has 0 aromatic carbocycles. The number of nitrogens with one attached hydrogen (secondary N) is 4. The minimum atomic E-state index is 0. The van der Waals surface area contributed by atoms with E-state index in [0.29, 0.717) is 22.8 Å². The van der Waals surface area contributed by atoms with Gasteiger partial charge in [0.25, 0.3) is 0 Å². The molecule has 34 heavy (non-hydrogen) atoms. The number of rotatable bonds is 8. The molecule has 0 spiro atoms. The molecular formula is C16H32Cu2N8O8. The molecule has 0 heterocycles. The number of hydrogen-bond donors (Lipinski definition) is 8. The van der Waals surface area contributed by atoms with E-state index in [1.807, 2.05) is 0 Å². The maximum atomic E-state index is 9.65. The Morgan fingerprint density at radius 2 is 0.529 bits per heavy atom. The van der Waals surface area contributed by atoms with Crippen LogP contribution >= 0.6 is 0 Å². The Morgan fingerprint density at radius 3 is 0.559 bits per heavy atom. The van der Waals surface area contributed by atoms with E-state index < -0.39 is 0 Å². The summed E-state index contributed by atoms with van der Waals surface area (Å²) in [5.41, 5.74) is 9.73. The van der Waals surface area contributed by atoms with Crippen molar-refractivity contribution in [3.8, 4) is 0 Å². The van der Waals surface area contributed by atoms with E-state index in [9.17, 15) is 19.6 Å². The number of hydroxylamine groups is 4. The molecule has 2 radical (unpaired) electrons. The number of nitrogens with zero attached hydrogens (tertiary/aromatic N) is 4. The maximum absolute atomic E-state index is 9.65. The van der Waals surface area contributed by atoms with Crippen LogP contribution in [0.3, 0.4) is 0 Å². The van der Waals surface area contributed by atoms with Gasteiger partial charge in [-0.3, -0.25) is 42.7 Å². The van der Waals surface area contributed by atoms with Crippen LogP contribution < -0.4 is 21.9 Å². The molecule has 0 aliphatic heterocycles. The van der Waals surface area contributed by atoms with Crippen molar-refractivity contribution in [2.45, 2.75) is 55.4 Å². The van der Waals surface area contributed by atoms with Crippen molar-refractivity contribution in [2.75, 3.05) is 0 Å². The molecule has 0 aliphatic carbocycles. The average Bonchev–Trinajstić information content (AvgIpc) is 2.85. The minimum Gasteiger partial charge on any atom is -0.291 e. The zero-order valence-corrected chi connectivity index (χ0v) is 21.7. The van der Waals surface area contributed by atoms with E-state index in [2.05, 4.69) is 20.7 Å². The molecule has 0 saturated carbocycles. The second kappa shape index (κ2) is 30.4. The van der Waals surface area contributed by atoms with Crippen LogP contribution in [0.15, 0.2) is 66.3 Å². The Hall–Kier alpha value is -2.56. The molecule has 0 saturated heterocycles. The summed E-state index contributed by atoms with van der Waals surface area (Å²) in [5, 5.41) is 42.8. The third-order valence-electron chi connectivity index (χ3n) is 3.39. The third-order valence-corrected chi connectivity index (χ3v) is 3.39. The number of allylic oxidation sites excluding steroid dienone is 8. The first-order valence-electron chi connectivity index (χ1n) is 8.52. The second-order valence-electron chi connectivity index (χ2n) is 5.65. The number of hydrogen-bond acceptors (Lipinski definition) is 16. The quantitative estimate of drug-likeness (QED) is 0.114. The predicted molar refractivity (Wildman–Crippen MR) is 116 cm³/mol. The molecule has 0 aromatic heterocycles. The third kappa shape index (κ3) is 27.5. The van der Waals surface area contributed by atoms with Gasteiger partial charge in [-0.2, -0.15) is 0 Å². The first kappa shape index (κ1) is 45.0. The molecule has 0 aromatic rings. The Balaban J connectivity index is -0.0000000754. The summed E-state index contributed by atoms with van der Waals surface area (Å²) in [4.78, 5) is 38.6. The Labute approximate surface area is 218 Å². The summed E-state index contributed by atoms with van der Waals surface area (Å²) >= 11 is 0. The first-order chi connectivity index (χ1) is 14.9. The Morgan fingerprint density at radius 1 is 0.412 bits per heavy atom. The Kier molecular flexibility index (Phi) is 40.3. The summed E-state index contributed by atoms with van der Waals surface area (Å²) in [6.45, 7) is 12.2. The fourth-order valence-corrected chi connectivity index (χ4v) is 0.597. The predicted octanol–water partition coefficient (Wildman–Crippen LogP) is 3.93.